The van der Waals surface area contributed by atoms with Crippen LogP contribution in [0, 0.1) is 0 Å². The molecule has 0 amide bonds. The molecule has 1 N–H and O–H groups in total. The molecular formula is C14H29NO2. The minimum atomic E-state index is -0.0231. The topological polar surface area (TPSA) is 30.5 Å². The van der Waals surface area contributed by atoms with Crippen molar-refractivity contribution in [3.63, 3.8) is 0 Å². The molecule has 2 atom stereocenters. The van der Waals surface area contributed by atoms with E-state index in [2.05, 4.69) is 26.1 Å². The zero-order valence-electron chi connectivity index (χ0n) is 11.9. The molecule has 1 rings (SSSR count). The molecule has 0 aromatic heterocycles. The lowest BCUT2D eigenvalue weighted by Gasteiger charge is -2.29. The Labute approximate surface area is 106 Å². The molecule has 1 aliphatic heterocycles. The monoisotopic (exact) mass is 243 g/mol. The van der Waals surface area contributed by atoms with E-state index < -0.39 is 0 Å². The quantitative estimate of drug-likeness (QED) is 0.711. The second kappa shape index (κ2) is 7.34. The highest BCUT2D eigenvalue weighted by Gasteiger charge is 2.27. The van der Waals surface area contributed by atoms with Crippen LogP contribution in [0.4, 0.5) is 0 Å². The first-order valence-corrected chi connectivity index (χ1v) is 6.99. The lowest BCUT2D eigenvalue weighted by atomic mass is 9.95. The van der Waals surface area contributed by atoms with Crippen LogP contribution in [0.3, 0.4) is 0 Å². The summed E-state index contributed by atoms with van der Waals surface area (Å²) in [7, 11) is 1.79. The number of nitrogens with one attached hydrogen (secondary N) is 1. The predicted octanol–water partition coefficient (Wildman–Crippen LogP) is 2.74. The standard InChI is InChI=1S/C14H29NO2/c1-5-10-15-12(13-7-6-11-17-13)8-9-14(2,3)16-4/h12-13,15H,5-11H2,1-4H3. The van der Waals surface area contributed by atoms with Gasteiger partial charge in [-0.1, -0.05) is 6.92 Å². The smallest absolute Gasteiger partial charge is 0.0728 e. The van der Waals surface area contributed by atoms with Crippen LogP contribution in [0.1, 0.15) is 52.9 Å². The minimum Gasteiger partial charge on any atom is -0.379 e. The number of rotatable bonds is 8. The third kappa shape index (κ3) is 5.36. The average Bonchev–Trinajstić information content (AvgIpc) is 2.83. The van der Waals surface area contributed by atoms with Gasteiger partial charge in [-0.3, -0.25) is 0 Å². The fraction of sp³-hybridized carbons (Fsp3) is 1.00. The van der Waals surface area contributed by atoms with Crippen molar-refractivity contribution >= 4 is 0 Å². The molecule has 0 bridgehead atoms. The van der Waals surface area contributed by atoms with Crippen LogP contribution in [-0.4, -0.2) is 38.0 Å². The van der Waals surface area contributed by atoms with Gasteiger partial charge in [0.15, 0.2) is 0 Å². The van der Waals surface area contributed by atoms with Crippen molar-refractivity contribution in [3.8, 4) is 0 Å². The van der Waals surface area contributed by atoms with Crippen LogP contribution in [0.15, 0.2) is 0 Å². The van der Waals surface area contributed by atoms with Gasteiger partial charge in [0.05, 0.1) is 11.7 Å². The van der Waals surface area contributed by atoms with Crippen molar-refractivity contribution < 1.29 is 9.47 Å². The van der Waals surface area contributed by atoms with Crippen molar-refractivity contribution in [2.75, 3.05) is 20.3 Å². The summed E-state index contributed by atoms with van der Waals surface area (Å²) in [5.41, 5.74) is -0.0231. The van der Waals surface area contributed by atoms with E-state index in [1.54, 1.807) is 7.11 Å². The molecule has 3 nitrogen and oxygen atoms in total. The van der Waals surface area contributed by atoms with Crippen LogP contribution in [0.25, 0.3) is 0 Å². The Morgan fingerprint density at radius 3 is 2.76 bits per heavy atom. The largest absolute Gasteiger partial charge is 0.379 e. The summed E-state index contributed by atoms with van der Waals surface area (Å²) in [6.07, 6.45) is 6.21. The highest BCUT2D eigenvalue weighted by atomic mass is 16.5. The van der Waals surface area contributed by atoms with Crippen molar-refractivity contribution in [3.05, 3.63) is 0 Å². The van der Waals surface area contributed by atoms with Gasteiger partial charge in [-0.2, -0.15) is 0 Å². The Balaban J connectivity index is 2.39. The lowest BCUT2D eigenvalue weighted by molar-refractivity contribution is 0.00397. The van der Waals surface area contributed by atoms with Crippen molar-refractivity contribution in [2.45, 2.75) is 70.6 Å². The predicted molar refractivity (Wildman–Crippen MR) is 71.4 cm³/mol. The van der Waals surface area contributed by atoms with E-state index in [-0.39, 0.29) is 5.60 Å². The number of hydrogen-bond acceptors (Lipinski definition) is 3. The van der Waals surface area contributed by atoms with Gasteiger partial charge in [0.1, 0.15) is 0 Å². The van der Waals surface area contributed by atoms with Crippen LogP contribution < -0.4 is 5.32 Å². The molecule has 0 radical (unpaired) electrons. The highest BCUT2D eigenvalue weighted by molar-refractivity contribution is 4.83. The maximum absolute atomic E-state index is 5.81. The maximum Gasteiger partial charge on any atom is 0.0728 e. The summed E-state index contributed by atoms with van der Waals surface area (Å²) in [6.45, 7) is 8.53. The van der Waals surface area contributed by atoms with Gasteiger partial charge in [0, 0.05) is 19.8 Å². The first kappa shape index (κ1) is 14.9. The molecule has 1 saturated heterocycles. The zero-order valence-corrected chi connectivity index (χ0v) is 11.9. The van der Waals surface area contributed by atoms with Gasteiger partial charge in [-0.25, -0.2) is 0 Å². The normalized spacial score (nSPS) is 22.9. The molecule has 1 heterocycles. The number of hydrogen-bond donors (Lipinski definition) is 1. The number of ether oxygens (including phenoxy) is 2. The van der Waals surface area contributed by atoms with E-state index in [1.165, 1.54) is 19.3 Å². The van der Waals surface area contributed by atoms with Gasteiger partial charge in [-0.05, 0) is 52.5 Å². The van der Waals surface area contributed by atoms with Crippen LogP contribution >= 0.6 is 0 Å². The Morgan fingerprint density at radius 2 is 2.24 bits per heavy atom. The molecule has 102 valence electrons. The molecule has 17 heavy (non-hydrogen) atoms. The molecule has 0 aliphatic carbocycles. The Morgan fingerprint density at radius 1 is 1.47 bits per heavy atom. The third-order valence-corrected chi connectivity index (χ3v) is 3.68. The fourth-order valence-electron chi connectivity index (χ4n) is 2.27. The molecule has 0 aromatic carbocycles. The van der Waals surface area contributed by atoms with Gasteiger partial charge >= 0.3 is 0 Å². The first-order valence-electron chi connectivity index (χ1n) is 6.99. The van der Waals surface area contributed by atoms with E-state index in [1.807, 2.05) is 0 Å². The minimum absolute atomic E-state index is 0.0231. The summed E-state index contributed by atoms with van der Waals surface area (Å²) in [5, 5.41) is 3.63. The summed E-state index contributed by atoms with van der Waals surface area (Å²) >= 11 is 0. The summed E-state index contributed by atoms with van der Waals surface area (Å²) in [5.74, 6) is 0. The molecule has 0 saturated carbocycles. The summed E-state index contributed by atoms with van der Waals surface area (Å²) in [6, 6.07) is 0.492. The molecular weight excluding hydrogens is 214 g/mol. The fourth-order valence-corrected chi connectivity index (χ4v) is 2.27. The van der Waals surface area contributed by atoms with E-state index in [0.29, 0.717) is 12.1 Å². The summed E-state index contributed by atoms with van der Waals surface area (Å²) < 4.78 is 11.3. The van der Waals surface area contributed by atoms with Crippen molar-refractivity contribution in [1.29, 1.82) is 0 Å². The molecule has 2 unspecified atom stereocenters. The molecule has 3 heteroatoms. The van der Waals surface area contributed by atoms with E-state index in [0.717, 1.165) is 26.0 Å². The van der Waals surface area contributed by atoms with Gasteiger partial charge < -0.3 is 14.8 Å². The zero-order chi connectivity index (χ0) is 12.7. The Bertz CT molecular complexity index is 200. The van der Waals surface area contributed by atoms with Crippen LogP contribution in [-0.2, 0) is 9.47 Å². The molecule has 0 spiro atoms. The molecule has 1 aliphatic rings. The lowest BCUT2D eigenvalue weighted by Crippen LogP contribution is -2.41. The molecule has 1 fully saturated rings. The van der Waals surface area contributed by atoms with Gasteiger partial charge in [0.25, 0.3) is 0 Å². The molecule has 0 aromatic rings. The second-order valence-corrected chi connectivity index (χ2v) is 5.61. The van der Waals surface area contributed by atoms with Crippen LogP contribution in [0.5, 0.6) is 0 Å². The van der Waals surface area contributed by atoms with E-state index >= 15 is 0 Å². The maximum atomic E-state index is 5.81. The van der Waals surface area contributed by atoms with Gasteiger partial charge in [0.2, 0.25) is 0 Å². The van der Waals surface area contributed by atoms with Gasteiger partial charge in [-0.15, -0.1) is 0 Å². The Kier molecular flexibility index (Phi) is 6.45. The van der Waals surface area contributed by atoms with Crippen molar-refractivity contribution in [2.24, 2.45) is 0 Å². The van der Waals surface area contributed by atoms with E-state index in [9.17, 15) is 0 Å². The second-order valence-electron chi connectivity index (χ2n) is 5.61. The SMILES string of the molecule is CCCNC(CCC(C)(C)OC)C1CCCO1. The highest BCUT2D eigenvalue weighted by Crippen LogP contribution is 2.23. The van der Waals surface area contributed by atoms with Crippen molar-refractivity contribution in [1.82, 2.24) is 5.32 Å². The number of methoxy groups -OCH3 is 1. The average molecular weight is 243 g/mol. The summed E-state index contributed by atoms with van der Waals surface area (Å²) in [4.78, 5) is 0. The Hall–Kier alpha value is -0.120. The van der Waals surface area contributed by atoms with E-state index in [4.69, 9.17) is 9.47 Å². The van der Waals surface area contributed by atoms with Crippen LogP contribution in [0.2, 0.25) is 0 Å². The third-order valence-electron chi connectivity index (χ3n) is 3.68. The first-order chi connectivity index (χ1) is 8.09.